The van der Waals surface area contributed by atoms with Crippen LogP contribution in [-0.4, -0.2) is 59.6 Å². The van der Waals surface area contributed by atoms with Crippen molar-refractivity contribution in [2.45, 2.75) is 57.5 Å². The number of nitrogens with one attached hydrogen (secondary N) is 1. The molecule has 2 saturated heterocycles. The molecule has 196 valence electrons. The van der Waals surface area contributed by atoms with Gasteiger partial charge in [0.25, 0.3) is 0 Å². The van der Waals surface area contributed by atoms with Gasteiger partial charge >= 0.3 is 5.97 Å². The Bertz CT molecular complexity index is 1060. The molecule has 3 unspecified atom stereocenters. The molecule has 5 nitrogen and oxygen atoms in total. The highest BCUT2D eigenvalue weighted by Crippen LogP contribution is 2.36. The molecular formula is C28H36Cl3N3O2. The Morgan fingerprint density at radius 1 is 1.03 bits per heavy atom. The van der Waals surface area contributed by atoms with Gasteiger partial charge in [-0.05, 0) is 93.6 Å². The molecule has 36 heavy (non-hydrogen) atoms. The molecule has 0 amide bonds. The van der Waals surface area contributed by atoms with Crippen molar-refractivity contribution in [1.29, 1.82) is 0 Å². The number of carbonyl (C=O) groups is 1. The summed E-state index contributed by atoms with van der Waals surface area (Å²) in [5, 5.41) is 14.8. The number of rotatable bonds is 8. The first-order valence-corrected chi connectivity index (χ1v) is 14.0. The van der Waals surface area contributed by atoms with E-state index in [1.165, 1.54) is 12.0 Å². The Kier molecular flexibility index (Phi) is 9.45. The molecule has 2 heterocycles. The third-order valence-electron chi connectivity index (χ3n) is 7.74. The molecule has 2 aliphatic rings. The van der Waals surface area contributed by atoms with E-state index in [1.54, 1.807) is 13.0 Å². The number of hydrogen-bond donors (Lipinski definition) is 2. The monoisotopic (exact) mass is 551 g/mol. The van der Waals surface area contributed by atoms with Crippen LogP contribution in [0.4, 0.5) is 5.69 Å². The van der Waals surface area contributed by atoms with Crippen LogP contribution in [-0.2, 0) is 4.79 Å². The van der Waals surface area contributed by atoms with Crippen LogP contribution in [0, 0.1) is 5.92 Å². The van der Waals surface area contributed by atoms with Gasteiger partial charge < -0.3 is 15.3 Å². The molecule has 8 heteroatoms. The van der Waals surface area contributed by atoms with E-state index in [4.69, 9.17) is 34.8 Å². The molecule has 2 aromatic carbocycles. The normalized spacial score (nSPS) is 21.8. The van der Waals surface area contributed by atoms with Crippen LogP contribution in [0.5, 0.6) is 0 Å². The van der Waals surface area contributed by atoms with Gasteiger partial charge in [0.05, 0.1) is 22.7 Å². The largest absolute Gasteiger partial charge is 0.481 e. The molecular weight excluding hydrogens is 517 g/mol. The topological polar surface area (TPSA) is 55.8 Å². The van der Waals surface area contributed by atoms with Crippen LogP contribution in [0.25, 0.3) is 0 Å². The van der Waals surface area contributed by atoms with Crippen LogP contribution in [0.2, 0.25) is 15.1 Å². The summed E-state index contributed by atoms with van der Waals surface area (Å²) in [4.78, 5) is 16.2. The highest BCUT2D eigenvalue weighted by molar-refractivity contribution is 6.35. The number of carboxylic acid groups (broad SMARTS) is 1. The number of piperidine rings is 2. The fraction of sp³-hybridized carbons (Fsp3) is 0.536. The maximum Gasteiger partial charge on any atom is 0.307 e. The lowest BCUT2D eigenvalue weighted by molar-refractivity contribution is -0.141. The van der Waals surface area contributed by atoms with Gasteiger partial charge in [-0.2, -0.15) is 0 Å². The molecule has 0 aliphatic carbocycles. The van der Waals surface area contributed by atoms with E-state index in [0.29, 0.717) is 33.6 Å². The summed E-state index contributed by atoms with van der Waals surface area (Å²) in [5.74, 6) is -0.527. The van der Waals surface area contributed by atoms with Crippen molar-refractivity contribution < 1.29 is 9.90 Å². The second-order valence-corrected chi connectivity index (χ2v) is 11.6. The fourth-order valence-electron chi connectivity index (χ4n) is 5.63. The molecule has 0 saturated carbocycles. The Labute approximate surface area is 229 Å². The van der Waals surface area contributed by atoms with Crippen molar-refractivity contribution in [2.75, 3.05) is 38.0 Å². The predicted molar refractivity (Wildman–Crippen MR) is 150 cm³/mol. The molecule has 2 aromatic rings. The zero-order chi connectivity index (χ0) is 25.8. The third-order valence-corrected chi connectivity index (χ3v) is 8.64. The average molecular weight is 553 g/mol. The van der Waals surface area contributed by atoms with Crippen LogP contribution in [0.3, 0.4) is 0 Å². The number of benzene rings is 2. The summed E-state index contributed by atoms with van der Waals surface area (Å²) in [6, 6.07) is 12.4. The number of carboxylic acids is 1. The van der Waals surface area contributed by atoms with Crippen LogP contribution in [0.1, 0.15) is 62.6 Å². The van der Waals surface area contributed by atoms with Gasteiger partial charge in [0.1, 0.15) is 0 Å². The summed E-state index contributed by atoms with van der Waals surface area (Å²) in [7, 11) is 0. The third kappa shape index (κ3) is 6.87. The number of hydrogen-bond acceptors (Lipinski definition) is 4. The predicted octanol–water partition coefficient (Wildman–Crippen LogP) is 7.18. The minimum Gasteiger partial charge on any atom is -0.481 e. The zero-order valence-corrected chi connectivity index (χ0v) is 23.3. The van der Waals surface area contributed by atoms with E-state index in [0.717, 1.165) is 56.7 Å². The second-order valence-electron chi connectivity index (χ2n) is 10.4. The first kappa shape index (κ1) is 27.5. The highest BCUT2D eigenvalue weighted by Gasteiger charge is 2.30. The molecule has 0 spiro atoms. The van der Waals surface area contributed by atoms with Gasteiger partial charge in [-0.3, -0.25) is 9.69 Å². The summed E-state index contributed by atoms with van der Waals surface area (Å²) >= 11 is 19.0. The number of anilines is 1. The average Bonchev–Trinajstić information content (AvgIpc) is 2.85. The Morgan fingerprint density at radius 3 is 2.47 bits per heavy atom. The number of nitrogens with zero attached hydrogens (tertiary/aromatic N) is 2. The molecule has 4 rings (SSSR count). The summed E-state index contributed by atoms with van der Waals surface area (Å²) < 4.78 is 0. The fourth-order valence-corrected chi connectivity index (χ4v) is 6.37. The van der Waals surface area contributed by atoms with Crippen molar-refractivity contribution in [3.05, 3.63) is 62.6 Å². The van der Waals surface area contributed by atoms with Gasteiger partial charge in [0, 0.05) is 29.2 Å². The summed E-state index contributed by atoms with van der Waals surface area (Å²) in [6.07, 6.45) is 4.56. The van der Waals surface area contributed by atoms with E-state index in [-0.39, 0.29) is 12.0 Å². The molecule has 2 aliphatic heterocycles. The highest BCUT2D eigenvalue weighted by atomic mass is 35.5. The lowest BCUT2D eigenvalue weighted by Crippen LogP contribution is -2.51. The van der Waals surface area contributed by atoms with Gasteiger partial charge in [0.2, 0.25) is 0 Å². The lowest BCUT2D eigenvalue weighted by atomic mass is 9.88. The van der Waals surface area contributed by atoms with Crippen LogP contribution >= 0.6 is 34.8 Å². The van der Waals surface area contributed by atoms with Crippen molar-refractivity contribution in [2.24, 2.45) is 5.92 Å². The maximum atomic E-state index is 11.3. The first-order chi connectivity index (χ1) is 17.2. The van der Waals surface area contributed by atoms with Gasteiger partial charge in [0.15, 0.2) is 0 Å². The van der Waals surface area contributed by atoms with Crippen LogP contribution < -0.4 is 5.32 Å². The van der Waals surface area contributed by atoms with E-state index >= 15 is 0 Å². The molecule has 2 fully saturated rings. The van der Waals surface area contributed by atoms with Gasteiger partial charge in [-0.1, -0.05) is 53.9 Å². The molecule has 0 aromatic heterocycles. The van der Waals surface area contributed by atoms with Gasteiger partial charge in [-0.15, -0.1) is 0 Å². The maximum absolute atomic E-state index is 11.3. The SMILES string of the molecule is CC(CN1CCCC(N2CCC(c3ccc(Cl)c(NC(C)c4ccc(Cl)cc4Cl)c3)CC2)C1)C(=O)O. The van der Waals surface area contributed by atoms with Crippen molar-refractivity contribution in [3.63, 3.8) is 0 Å². The minimum atomic E-state index is -0.708. The number of likely N-dealkylation sites (tertiary alicyclic amines) is 2. The quantitative estimate of drug-likeness (QED) is 0.363. The van der Waals surface area contributed by atoms with E-state index in [9.17, 15) is 9.90 Å². The minimum absolute atomic E-state index is 0.0116. The Balaban J connectivity index is 1.35. The second kappa shape index (κ2) is 12.4. The summed E-state index contributed by atoms with van der Waals surface area (Å²) in [5.41, 5.74) is 3.22. The number of aliphatic carboxylic acids is 1. The smallest absolute Gasteiger partial charge is 0.307 e. The van der Waals surface area contributed by atoms with Crippen molar-refractivity contribution >= 4 is 46.5 Å². The van der Waals surface area contributed by atoms with E-state index in [1.807, 2.05) is 18.2 Å². The Morgan fingerprint density at radius 2 is 1.78 bits per heavy atom. The summed E-state index contributed by atoms with van der Waals surface area (Å²) in [6.45, 7) is 8.63. The molecule has 3 atom stereocenters. The standard InChI is InChI=1S/C28H36Cl3N3O2/c1-18(28(35)36)16-33-11-3-4-23(17-33)34-12-9-20(10-13-34)21-5-8-25(30)27(14-21)32-19(2)24-7-6-22(29)15-26(24)31/h5-8,14-15,18-20,23,32H,3-4,9-13,16-17H2,1-2H3,(H,35,36). The van der Waals surface area contributed by atoms with E-state index in [2.05, 4.69) is 34.2 Å². The van der Waals surface area contributed by atoms with E-state index < -0.39 is 5.97 Å². The Hall–Kier alpha value is -1.50. The molecule has 0 radical (unpaired) electrons. The first-order valence-electron chi connectivity index (χ1n) is 12.9. The number of halogens is 3. The molecule has 2 N–H and O–H groups in total. The van der Waals surface area contributed by atoms with Crippen LogP contribution in [0.15, 0.2) is 36.4 Å². The zero-order valence-electron chi connectivity index (χ0n) is 21.0. The molecule has 0 bridgehead atoms. The lowest BCUT2D eigenvalue weighted by Gasteiger charge is -2.43. The van der Waals surface area contributed by atoms with Crippen molar-refractivity contribution in [1.82, 2.24) is 9.80 Å². The van der Waals surface area contributed by atoms with Gasteiger partial charge in [-0.25, -0.2) is 0 Å². The van der Waals surface area contributed by atoms with Crippen molar-refractivity contribution in [3.8, 4) is 0 Å².